The van der Waals surface area contributed by atoms with Crippen LogP contribution in [-0.4, -0.2) is 42.4 Å². The van der Waals surface area contributed by atoms with Crippen LogP contribution in [0.3, 0.4) is 0 Å². The molecule has 1 unspecified atom stereocenters. The summed E-state index contributed by atoms with van der Waals surface area (Å²) in [4.78, 5) is 32.4. The molecule has 0 aromatic rings. The van der Waals surface area contributed by atoms with Crippen molar-refractivity contribution in [2.24, 2.45) is 5.92 Å². The zero-order chi connectivity index (χ0) is 14.0. The highest BCUT2D eigenvalue weighted by Crippen LogP contribution is 2.11. The van der Waals surface area contributed by atoms with Gasteiger partial charge >= 0.3 is 5.97 Å². The van der Waals surface area contributed by atoms with Crippen LogP contribution < -0.4 is 10.6 Å². The van der Waals surface area contributed by atoms with E-state index >= 15 is 0 Å². The van der Waals surface area contributed by atoms with Crippen molar-refractivity contribution >= 4 is 17.7 Å². The second kappa shape index (κ2) is 9.58. The van der Waals surface area contributed by atoms with Crippen molar-refractivity contribution in [2.45, 2.75) is 33.1 Å². The molecule has 0 aromatic heterocycles. The minimum atomic E-state index is -1.04. The summed E-state index contributed by atoms with van der Waals surface area (Å²) in [6, 6.07) is 0. The molecule has 0 heterocycles. The SMILES string of the molecule is CCC(CCNCC(C)=O)CC(=O)NCC(=O)O. The Morgan fingerprint density at radius 1 is 1.22 bits per heavy atom. The molecule has 0 radical (unpaired) electrons. The fourth-order valence-corrected chi connectivity index (χ4v) is 1.53. The lowest BCUT2D eigenvalue weighted by Crippen LogP contribution is -2.31. The van der Waals surface area contributed by atoms with E-state index in [0.717, 1.165) is 12.8 Å². The number of ketones is 1. The molecule has 1 amide bonds. The molecule has 6 nitrogen and oxygen atoms in total. The fraction of sp³-hybridized carbons (Fsp3) is 0.750. The van der Waals surface area contributed by atoms with Gasteiger partial charge in [0.2, 0.25) is 5.91 Å². The van der Waals surface area contributed by atoms with Crippen LogP contribution in [0.15, 0.2) is 0 Å². The molecule has 0 saturated carbocycles. The van der Waals surface area contributed by atoms with Crippen LogP contribution in [0.1, 0.15) is 33.1 Å². The molecule has 0 aliphatic heterocycles. The molecule has 3 N–H and O–H groups in total. The Kier molecular flexibility index (Phi) is 8.82. The summed E-state index contributed by atoms with van der Waals surface area (Å²) in [5, 5.41) is 13.8. The summed E-state index contributed by atoms with van der Waals surface area (Å²) >= 11 is 0. The van der Waals surface area contributed by atoms with Crippen molar-refractivity contribution < 1.29 is 19.5 Å². The first-order valence-electron chi connectivity index (χ1n) is 6.14. The molecule has 0 rings (SSSR count). The number of hydrogen-bond donors (Lipinski definition) is 3. The van der Waals surface area contributed by atoms with Gasteiger partial charge < -0.3 is 15.7 Å². The Hall–Kier alpha value is -1.43. The summed E-state index contributed by atoms with van der Waals surface area (Å²) in [7, 11) is 0. The van der Waals surface area contributed by atoms with Gasteiger partial charge in [-0.25, -0.2) is 0 Å². The molecule has 0 aromatic carbocycles. The second-order valence-corrected chi connectivity index (χ2v) is 4.32. The topological polar surface area (TPSA) is 95.5 Å². The first kappa shape index (κ1) is 16.6. The molecule has 0 fully saturated rings. The monoisotopic (exact) mass is 258 g/mol. The van der Waals surface area contributed by atoms with Gasteiger partial charge in [-0.05, 0) is 25.8 Å². The lowest BCUT2D eigenvalue weighted by Gasteiger charge is -2.14. The van der Waals surface area contributed by atoms with Crippen LogP contribution in [0.2, 0.25) is 0 Å². The van der Waals surface area contributed by atoms with Crippen molar-refractivity contribution in [1.82, 2.24) is 10.6 Å². The number of amides is 1. The maximum Gasteiger partial charge on any atom is 0.322 e. The van der Waals surface area contributed by atoms with Gasteiger partial charge in [0.25, 0.3) is 0 Å². The molecule has 1 atom stereocenters. The molecule has 0 bridgehead atoms. The summed E-state index contributed by atoms with van der Waals surface area (Å²) in [6.07, 6.45) is 1.97. The van der Waals surface area contributed by atoms with Gasteiger partial charge in [-0.2, -0.15) is 0 Å². The predicted octanol–water partition coefficient (Wildman–Crippen LogP) is 0.172. The highest BCUT2D eigenvalue weighted by molar-refractivity contribution is 5.81. The number of carbonyl (C=O) groups excluding carboxylic acids is 2. The number of hydrogen-bond acceptors (Lipinski definition) is 4. The van der Waals surface area contributed by atoms with E-state index in [-0.39, 0.29) is 24.2 Å². The third kappa shape index (κ3) is 9.77. The Morgan fingerprint density at radius 3 is 2.39 bits per heavy atom. The summed E-state index contributed by atoms with van der Waals surface area (Å²) in [6.45, 7) is 4.20. The lowest BCUT2D eigenvalue weighted by molar-refractivity contribution is -0.138. The zero-order valence-electron chi connectivity index (χ0n) is 11.0. The van der Waals surface area contributed by atoms with E-state index in [1.165, 1.54) is 6.92 Å². The Bertz CT molecular complexity index is 292. The smallest absolute Gasteiger partial charge is 0.322 e. The van der Waals surface area contributed by atoms with E-state index < -0.39 is 5.97 Å². The van der Waals surface area contributed by atoms with Crippen LogP contribution in [0, 0.1) is 5.92 Å². The van der Waals surface area contributed by atoms with Crippen LogP contribution in [0.4, 0.5) is 0 Å². The first-order valence-corrected chi connectivity index (χ1v) is 6.14. The van der Waals surface area contributed by atoms with Gasteiger partial charge in [-0.3, -0.25) is 14.4 Å². The standard InChI is InChI=1S/C12H22N2O4/c1-3-10(4-5-13-7-9(2)15)6-11(16)14-8-12(17)18/h10,13H,3-8H2,1-2H3,(H,14,16)(H,17,18). The molecule has 0 aliphatic carbocycles. The number of aliphatic carboxylic acids is 1. The van der Waals surface area contributed by atoms with Crippen LogP contribution in [-0.2, 0) is 14.4 Å². The highest BCUT2D eigenvalue weighted by atomic mass is 16.4. The van der Waals surface area contributed by atoms with Gasteiger partial charge in [0.15, 0.2) is 0 Å². The number of nitrogens with one attached hydrogen (secondary N) is 2. The Balaban J connectivity index is 3.77. The van der Waals surface area contributed by atoms with E-state index in [1.807, 2.05) is 6.92 Å². The molecule has 104 valence electrons. The molecule has 6 heteroatoms. The van der Waals surface area contributed by atoms with E-state index in [2.05, 4.69) is 10.6 Å². The van der Waals surface area contributed by atoms with E-state index in [9.17, 15) is 14.4 Å². The lowest BCUT2D eigenvalue weighted by atomic mass is 9.98. The average molecular weight is 258 g/mol. The van der Waals surface area contributed by atoms with Gasteiger partial charge in [0, 0.05) is 6.42 Å². The van der Waals surface area contributed by atoms with E-state index in [0.29, 0.717) is 19.5 Å². The van der Waals surface area contributed by atoms with Crippen molar-refractivity contribution in [1.29, 1.82) is 0 Å². The summed E-state index contributed by atoms with van der Waals surface area (Å²) < 4.78 is 0. The predicted molar refractivity (Wildman–Crippen MR) is 67.2 cm³/mol. The van der Waals surface area contributed by atoms with E-state index in [1.54, 1.807) is 0 Å². The fourth-order valence-electron chi connectivity index (χ4n) is 1.53. The molecular formula is C12H22N2O4. The van der Waals surface area contributed by atoms with Crippen LogP contribution in [0.5, 0.6) is 0 Å². The van der Waals surface area contributed by atoms with Crippen LogP contribution >= 0.6 is 0 Å². The molecule has 0 spiro atoms. The Morgan fingerprint density at radius 2 is 1.89 bits per heavy atom. The number of carboxylic acid groups (broad SMARTS) is 1. The third-order valence-electron chi connectivity index (χ3n) is 2.59. The van der Waals surface area contributed by atoms with Gasteiger partial charge in [0.1, 0.15) is 12.3 Å². The second-order valence-electron chi connectivity index (χ2n) is 4.32. The third-order valence-corrected chi connectivity index (χ3v) is 2.59. The maximum atomic E-state index is 11.4. The maximum absolute atomic E-state index is 11.4. The summed E-state index contributed by atoms with van der Waals surface area (Å²) in [5.74, 6) is -0.990. The van der Waals surface area contributed by atoms with E-state index in [4.69, 9.17) is 5.11 Å². The van der Waals surface area contributed by atoms with Crippen molar-refractivity contribution in [3.05, 3.63) is 0 Å². The zero-order valence-corrected chi connectivity index (χ0v) is 11.0. The molecule has 0 aliphatic rings. The highest BCUT2D eigenvalue weighted by Gasteiger charge is 2.12. The van der Waals surface area contributed by atoms with Crippen molar-refractivity contribution in [2.75, 3.05) is 19.6 Å². The quantitative estimate of drug-likeness (QED) is 0.486. The Labute approximate surface area is 107 Å². The van der Waals surface area contributed by atoms with Crippen LogP contribution in [0.25, 0.3) is 0 Å². The minimum Gasteiger partial charge on any atom is -0.480 e. The van der Waals surface area contributed by atoms with Gasteiger partial charge in [0.05, 0.1) is 6.54 Å². The normalized spacial score (nSPS) is 11.9. The summed E-state index contributed by atoms with van der Waals surface area (Å²) in [5.41, 5.74) is 0. The number of rotatable bonds is 10. The number of carboxylic acids is 1. The number of carbonyl (C=O) groups is 3. The molecular weight excluding hydrogens is 236 g/mol. The molecule has 0 saturated heterocycles. The number of Topliss-reactive ketones (excluding diaryl/α,β-unsaturated/α-hetero) is 1. The minimum absolute atomic E-state index is 0.0854. The largest absolute Gasteiger partial charge is 0.480 e. The average Bonchev–Trinajstić information content (AvgIpc) is 2.30. The first-order chi connectivity index (χ1) is 8.45. The van der Waals surface area contributed by atoms with Gasteiger partial charge in [-0.1, -0.05) is 13.3 Å². The molecule has 18 heavy (non-hydrogen) atoms. The van der Waals surface area contributed by atoms with Crippen molar-refractivity contribution in [3.8, 4) is 0 Å². The van der Waals surface area contributed by atoms with Gasteiger partial charge in [-0.15, -0.1) is 0 Å². The van der Waals surface area contributed by atoms with Crippen molar-refractivity contribution in [3.63, 3.8) is 0 Å².